The average Bonchev–Trinajstić information content (AvgIpc) is 2.32. The maximum atomic E-state index is 12.6. The van der Waals surface area contributed by atoms with Gasteiger partial charge in [0.15, 0.2) is 0 Å². The van der Waals surface area contributed by atoms with Gasteiger partial charge in [-0.25, -0.2) is 9.69 Å². The molecule has 3 rings (SSSR count). The lowest BCUT2D eigenvalue weighted by Crippen LogP contribution is -2.66. The van der Waals surface area contributed by atoms with Crippen LogP contribution in [0.15, 0.2) is 18.2 Å². The monoisotopic (exact) mass is 312 g/mol. The van der Waals surface area contributed by atoms with Gasteiger partial charge in [-0.2, -0.15) is 0 Å². The number of hydrogen-bond donors (Lipinski definition) is 1. The maximum absolute atomic E-state index is 12.6. The normalized spacial score (nSPS) is 20.9. The first-order valence-electron chi connectivity index (χ1n) is 6.11. The summed E-state index contributed by atoms with van der Waals surface area (Å²) in [6.07, 6.45) is 1.67. The second-order valence-corrected chi connectivity index (χ2v) is 5.69. The number of urea groups is 1. The zero-order chi connectivity index (χ0) is 14.5. The number of nitrogens with one attached hydrogen (secondary N) is 1. The van der Waals surface area contributed by atoms with E-state index in [1.165, 1.54) is 6.07 Å². The molecule has 4 amide bonds. The molecular formula is C13H10Cl2N2O3. The lowest BCUT2D eigenvalue weighted by molar-refractivity contribution is -0.148. The fraction of sp³-hybridized carbons (Fsp3) is 0.308. The van der Waals surface area contributed by atoms with E-state index in [0.29, 0.717) is 12.8 Å². The highest BCUT2D eigenvalue weighted by atomic mass is 35.5. The number of benzene rings is 1. The van der Waals surface area contributed by atoms with Crippen molar-refractivity contribution in [2.45, 2.75) is 19.3 Å². The Balaban J connectivity index is 2.08. The molecular weight excluding hydrogens is 303 g/mol. The van der Waals surface area contributed by atoms with Crippen LogP contribution in [0.3, 0.4) is 0 Å². The van der Waals surface area contributed by atoms with Crippen LogP contribution in [0.2, 0.25) is 10.0 Å². The topological polar surface area (TPSA) is 66.5 Å². The highest BCUT2D eigenvalue weighted by Crippen LogP contribution is 2.46. The van der Waals surface area contributed by atoms with Gasteiger partial charge < -0.3 is 0 Å². The van der Waals surface area contributed by atoms with Gasteiger partial charge in [0, 0.05) is 0 Å². The molecule has 0 radical (unpaired) electrons. The first kappa shape index (κ1) is 13.4. The Bertz CT molecular complexity index is 641. The summed E-state index contributed by atoms with van der Waals surface area (Å²) in [5.74, 6) is -1.05. The predicted molar refractivity (Wildman–Crippen MR) is 73.8 cm³/mol. The van der Waals surface area contributed by atoms with Crippen LogP contribution in [-0.4, -0.2) is 17.8 Å². The van der Waals surface area contributed by atoms with Crippen molar-refractivity contribution in [3.8, 4) is 0 Å². The summed E-state index contributed by atoms with van der Waals surface area (Å²) in [4.78, 5) is 37.4. The fourth-order valence-electron chi connectivity index (χ4n) is 2.53. The first-order valence-corrected chi connectivity index (χ1v) is 6.87. The first-order chi connectivity index (χ1) is 9.47. The largest absolute Gasteiger partial charge is 0.335 e. The lowest BCUT2D eigenvalue weighted by Gasteiger charge is -2.44. The van der Waals surface area contributed by atoms with Crippen LogP contribution in [0, 0.1) is 5.41 Å². The minimum absolute atomic E-state index is 0.112. The molecule has 1 spiro atoms. The molecule has 0 unspecified atom stereocenters. The molecule has 1 N–H and O–H groups in total. The minimum Gasteiger partial charge on any atom is -0.276 e. The molecule has 1 saturated heterocycles. The Morgan fingerprint density at radius 3 is 2.45 bits per heavy atom. The summed E-state index contributed by atoms with van der Waals surface area (Å²) < 4.78 is 0. The van der Waals surface area contributed by atoms with Crippen molar-refractivity contribution in [2.24, 2.45) is 5.41 Å². The molecule has 0 atom stereocenters. The smallest absolute Gasteiger partial charge is 0.276 e. The Kier molecular flexibility index (Phi) is 2.99. The molecule has 2 aliphatic rings. The van der Waals surface area contributed by atoms with E-state index in [2.05, 4.69) is 5.32 Å². The quantitative estimate of drug-likeness (QED) is 0.811. The van der Waals surface area contributed by atoms with Crippen molar-refractivity contribution in [3.63, 3.8) is 0 Å². The van der Waals surface area contributed by atoms with E-state index in [0.717, 1.165) is 11.3 Å². The number of carbonyl (C=O) groups is 3. The second-order valence-electron chi connectivity index (χ2n) is 4.91. The predicted octanol–water partition coefficient (Wildman–Crippen LogP) is 2.75. The zero-order valence-corrected chi connectivity index (χ0v) is 11.8. The number of hydrogen-bond acceptors (Lipinski definition) is 3. The number of barbiturate groups is 1. The number of anilines is 1. The number of rotatable bonds is 1. The van der Waals surface area contributed by atoms with E-state index in [4.69, 9.17) is 23.2 Å². The summed E-state index contributed by atoms with van der Waals surface area (Å²) >= 11 is 12.0. The van der Waals surface area contributed by atoms with Crippen molar-refractivity contribution in [3.05, 3.63) is 28.2 Å². The summed E-state index contributed by atoms with van der Waals surface area (Å²) in [6.45, 7) is 0. The number of imide groups is 2. The Morgan fingerprint density at radius 2 is 1.85 bits per heavy atom. The maximum Gasteiger partial charge on any atom is 0.335 e. The lowest BCUT2D eigenvalue weighted by atomic mass is 9.66. The van der Waals surface area contributed by atoms with Gasteiger partial charge in [-0.1, -0.05) is 35.7 Å². The fourth-order valence-corrected chi connectivity index (χ4v) is 2.91. The van der Waals surface area contributed by atoms with Gasteiger partial charge in [-0.15, -0.1) is 0 Å². The number of nitrogens with zero attached hydrogens (tertiary/aromatic N) is 1. The van der Waals surface area contributed by atoms with E-state index in [1.54, 1.807) is 12.1 Å². The van der Waals surface area contributed by atoms with Crippen LogP contribution < -0.4 is 10.2 Å². The highest BCUT2D eigenvalue weighted by Gasteiger charge is 2.57. The van der Waals surface area contributed by atoms with Crippen molar-refractivity contribution in [1.82, 2.24) is 5.32 Å². The molecule has 20 heavy (non-hydrogen) atoms. The molecule has 104 valence electrons. The Morgan fingerprint density at radius 1 is 1.15 bits per heavy atom. The molecule has 1 heterocycles. The molecule has 1 aromatic rings. The van der Waals surface area contributed by atoms with Crippen LogP contribution in [0.25, 0.3) is 0 Å². The highest BCUT2D eigenvalue weighted by molar-refractivity contribution is 6.45. The van der Waals surface area contributed by atoms with Gasteiger partial charge in [-0.3, -0.25) is 14.9 Å². The van der Waals surface area contributed by atoms with Crippen molar-refractivity contribution < 1.29 is 14.4 Å². The van der Waals surface area contributed by atoms with Gasteiger partial charge >= 0.3 is 6.03 Å². The summed E-state index contributed by atoms with van der Waals surface area (Å²) in [6, 6.07) is 3.88. The van der Waals surface area contributed by atoms with E-state index < -0.39 is 23.3 Å². The zero-order valence-electron chi connectivity index (χ0n) is 10.3. The van der Waals surface area contributed by atoms with E-state index in [1.807, 2.05) is 0 Å². The molecule has 1 aromatic carbocycles. The average molecular weight is 313 g/mol. The number of amides is 4. The standard InChI is InChI=1S/C13H10Cl2N2O3/c14-7-3-1-4-8(9(7)15)17-11(19)13(5-2-6-13)10(18)16-12(17)20/h1,3-4H,2,5-6H2,(H,16,18,20). The molecule has 2 fully saturated rings. The van der Waals surface area contributed by atoms with Gasteiger partial charge in [-0.05, 0) is 25.0 Å². The van der Waals surface area contributed by atoms with Gasteiger partial charge in [0.1, 0.15) is 5.41 Å². The van der Waals surface area contributed by atoms with E-state index in [-0.39, 0.29) is 15.7 Å². The van der Waals surface area contributed by atoms with Crippen LogP contribution in [0.5, 0.6) is 0 Å². The van der Waals surface area contributed by atoms with Crippen molar-refractivity contribution in [2.75, 3.05) is 4.90 Å². The van der Waals surface area contributed by atoms with Gasteiger partial charge in [0.05, 0.1) is 15.7 Å². The van der Waals surface area contributed by atoms with Crippen LogP contribution in [-0.2, 0) is 9.59 Å². The third-order valence-corrected chi connectivity index (χ3v) is 4.66. The van der Waals surface area contributed by atoms with E-state index in [9.17, 15) is 14.4 Å². The third-order valence-electron chi connectivity index (χ3n) is 3.85. The van der Waals surface area contributed by atoms with Crippen molar-refractivity contribution in [1.29, 1.82) is 0 Å². The molecule has 1 aliphatic carbocycles. The molecule has 7 heteroatoms. The summed E-state index contributed by atoms with van der Waals surface area (Å²) in [5, 5.41) is 2.58. The van der Waals surface area contributed by atoms with Crippen LogP contribution in [0.1, 0.15) is 19.3 Å². The van der Waals surface area contributed by atoms with Crippen LogP contribution >= 0.6 is 23.2 Å². The molecule has 1 saturated carbocycles. The molecule has 5 nitrogen and oxygen atoms in total. The minimum atomic E-state index is -1.13. The molecule has 1 aliphatic heterocycles. The third kappa shape index (κ3) is 1.66. The number of halogens is 2. The SMILES string of the molecule is O=C1NC(=O)C2(CCC2)C(=O)N1c1cccc(Cl)c1Cl. The van der Waals surface area contributed by atoms with Gasteiger partial charge in [0.25, 0.3) is 5.91 Å². The van der Waals surface area contributed by atoms with E-state index >= 15 is 0 Å². The molecule has 0 aromatic heterocycles. The van der Waals surface area contributed by atoms with Gasteiger partial charge in [0.2, 0.25) is 5.91 Å². The summed E-state index contributed by atoms with van der Waals surface area (Å²) in [5.41, 5.74) is -0.931. The Hall–Kier alpha value is -1.59. The summed E-state index contributed by atoms with van der Waals surface area (Å²) in [7, 11) is 0. The Labute approximate surface area is 124 Å². The van der Waals surface area contributed by atoms with Crippen LogP contribution in [0.4, 0.5) is 10.5 Å². The number of carbonyl (C=O) groups excluding carboxylic acids is 3. The molecule has 0 bridgehead atoms. The second kappa shape index (κ2) is 4.46. The van der Waals surface area contributed by atoms with Crippen molar-refractivity contribution >= 4 is 46.7 Å².